The van der Waals surface area contributed by atoms with Crippen molar-refractivity contribution in [3.05, 3.63) is 11.8 Å². The highest BCUT2D eigenvalue weighted by atomic mass is 19.4. The van der Waals surface area contributed by atoms with Crippen molar-refractivity contribution in [1.29, 1.82) is 0 Å². The second-order valence-electron chi connectivity index (χ2n) is 2.72. The van der Waals surface area contributed by atoms with E-state index in [1.807, 2.05) is 0 Å². The van der Waals surface area contributed by atoms with Crippen LogP contribution >= 0.6 is 0 Å². The number of rotatable bonds is 3. The van der Waals surface area contributed by atoms with Gasteiger partial charge in [0.2, 0.25) is 0 Å². The monoisotopic (exact) mass is 253 g/mol. The third kappa shape index (κ3) is 3.13. The summed E-state index contributed by atoms with van der Waals surface area (Å²) in [6.07, 6.45) is -5.09. The zero-order valence-corrected chi connectivity index (χ0v) is 8.28. The van der Waals surface area contributed by atoms with Crippen LogP contribution in [-0.2, 0) is 0 Å². The predicted octanol–water partition coefficient (Wildman–Crippen LogP) is 1.39. The van der Waals surface area contributed by atoms with E-state index < -0.39 is 29.7 Å². The molecule has 9 heteroatoms. The van der Waals surface area contributed by atoms with Crippen LogP contribution in [-0.4, -0.2) is 34.6 Å². The molecule has 2 N–H and O–H groups in total. The van der Waals surface area contributed by atoms with Crippen LogP contribution in [0.5, 0.6) is 17.4 Å². The summed E-state index contributed by atoms with van der Waals surface area (Å²) in [6, 6.07) is 0.664. The second kappa shape index (κ2) is 4.36. The number of aromatic hydroxyl groups is 1. The molecule has 0 atom stereocenters. The minimum absolute atomic E-state index is 0.385. The first-order chi connectivity index (χ1) is 7.74. The van der Waals surface area contributed by atoms with Crippen LogP contribution in [0.2, 0.25) is 0 Å². The van der Waals surface area contributed by atoms with Crippen molar-refractivity contribution >= 4 is 5.97 Å². The van der Waals surface area contributed by atoms with Gasteiger partial charge in [-0.2, -0.15) is 4.98 Å². The lowest BCUT2D eigenvalue weighted by atomic mass is 10.3. The van der Waals surface area contributed by atoms with E-state index in [4.69, 9.17) is 10.2 Å². The maximum absolute atomic E-state index is 11.9. The number of hydrogen-bond acceptors (Lipinski definition) is 5. The van der Waals surface area contributed by atoms with Crippen LogP contribution in [0.4, 0.5) is 13.2 Å². The van der Waals surface area contributed by atoms with Crippen molar-refractivity contribution in [1.82, 2.24) is 4.98 Å². The number of alkyl halides is 3. The molecule has 0 aliphatic rings. The first-order valence-corrected chi connectivity index (χ1v) is 4.01. The molecule has 94 valence electrons. The summed E-state index contributed by atoms with van der Waals surface area (Å²) in [6.45, 7) is 0. The van der Waals surface area contributed by atoms with Crippen LogP contribution < -0.4 is 9.47 Å². The van der Waals surface area contributed by atoms with Crippen molar-refractivity contribution in [3.63, 3.8) is 0 Å². The molecule has 1 rings (SSSR count). The van der Waals surface area contributed by atoms with Crippen LogP contribution in [0.1, 0.15) is 10.5 Å². The van der Waals surface area contributed by atoms with Crippen molar-refractivity contribution in [2.24, 2.45) is 0 Å². The van der Waals surface area contributed by atoms with Crippen molar-refractivity contribution in [3.8, 4) is 17.4 Å². The molecule has 1 aromatic rings. The second-order valence-corrected chi connectivity index (χ2v) is 2.72. The fraction of sp³-hybridized carbons (Fsp3) is 0.250. The zero-order chi connectivity index (χ0) is 13.2. The molecule has 0 unspecified atom stereocenters. The molecule has 0 fully saturated rings. The van der Waals surface area contributed by atoms with Gasteiger partial charge in [-0.25, -0.2) is 4.79 Å². The fourth-order valence-corrected chi connectivity index (χ4v) is 0.962. The molecule has 0 aliphatic heterocycles. The maximum Gasteiger partial charge on any atom is 0.574 e. The van der Waals surface area contributed by atoms with Gasteiger partial charge in [-0.05, 0) is 0 Å². The Morgan fingerprint density at radius 1 is 1.47 bits per heavy atom. The largest absolute Gasteiger partial charge is 0.574 e. The lowest BCUT2D eigenvalue weighted by Crippen LogP contribution is -2.19. The predicted molar refractivity (Wildman–Crippen MR) is 46.1 cm³/mol. The number of aromatic carboxylic acids is 1. The Bertz CT molecular complexity index is 446. The van der Waals surface area contributed by atoms with E-state index in [-0.39, 0.29) is 5.75 Å². The smallest absolute Gasteiger partial charge is 0.503 e. The third-order valence-corrected chi connectivity index (χ3v) is 1.57. The van der Waals surface area contributed by atoms with Gasteiger partial charge >= 0.3 is 12.3 Å². The lowest BCUT2D eigenvalue weighted by Gasteiger charge is -2.11. The maximum atomic E-state index is 11.9. The number of carbonyl (C=O) groups is 1. The van der Waals surface area contributed by atoms with Gasteiger partial charge in [0, 0.05) is 6.07 Å². The third-order valence-electron chi connectivity index (χ3n) is 1.57. The first-order valence-electron chi connectivity index (χ1n) is 4.01. The van der Waals surface area contributed by atoms with E-state index in [1.54, 1.807) is 0 Å². The van der Waals surface area contributed by atoms with Crippen LogP contribution in [0.25, 0.3) is 0 Å². The number of pyridine rings is 1. The quantitative estimate of drug-likeness (QED) is 0.846. The molecule has 0 saturated heterocycles. The Hall–Kier alpha value is -2.19. The SMILES string of the molecule is COc1cc(O)c(OC(F)(F)F)nc1C(=O)O. The molecular weight excluding hydrogens is 247 g/mol. The minimum atomic E-state index is -5.09. The molecule has 17 heavy (non-hydrogen) atoms. The van der Waals surface area contributed by atoms with Gasteiger partial charge in [0.25, 0.3) is 5.88 Å². The molecule has 0 radical (unpaired) electrons. The minimum Gasteiger partial charge on any atom is -0.503 e. The molecule has 0 amide bonds. The number of hydrogen-bond donors (Lipinski definition) is 2. The Kier molecular flexibility index (Phi) is 3.30. The average Bonchev–Trinajstić information content (AvgIpc) is 2.18. The number of halogens is 3. The van der Waals surface area contributed by atoms with Crippen molar-refractivity contribution in [2.75, 3.05) is 7.11 Å². The molecule has 1 heterocycles. The topological polar surface area (TPSA) is 88.9 Å². The van der Waals surface area contributed by atoms with Crippen LogP contribution in [0.3, 0.4) is 0 Å². The summed E-state index contributed by atoms with van der Waals surface area (Å²) in [5, 5.41) is 17.8. The molecule has 1 aromatic heterocycles. The molecule has 0 saturated carbocycles. The van der Waals surface area contributed by atoms with Crippen LogP contribution in [0.15, 0.2) is 6.07 Å². The summed E-state index contributed by atoms with van der Waals surface area (Å²) in [4.78, 5) is 13.7. The standard InChI is InChI=1S/C8H6F3NO5/c1-16-4-2-3(13)6(17-8(9,10)11)12-5(4)7(14)15/h2,13H,1H3,(H,14,15). The molecule has 0 aliphatic carbocycles. The highest BCUT2D eigenvalue weighted by Crippen LogP contribution is 2.33. The molecule has 0 aromatic carbocycles. The Balaban J connectivity index is 3.25. The number of aromatic nitrogens is 1. The van der Waals surface area contributed by atoms with Gasteiger partial charge < -0.3 is 19.7 Å². The number of methoxy groups -OCH3 is 1. The molecule has 0 spiro atoms. The number of carboxylic acids is 1. The molecular formula is C8H6F3NO5. The van der Waals surface area contributed by atoms with Crippen LogP contribution in [0, 0.1) is 0 Å². The normalized spacial score (nSPS) is 11.1. The fourth-order valence-electron chi connectivity index (χ4n) is 0.962. The van der Waals surface area contributed by atoms with Gasteiger partial charge in [-0.15, -0.1) is 13.2 Å². The van der Waals surface area contributed by atoms with E-state index in [1.165, 1.54) is 0 Å². The van der Waals surface area contributed by atoms with E-state index in [0.29, 0.717) is 6.07 Å². The lowest BCUT2D eigenvalue weighted by molar-refractivity contribution is -0.276. The molecule has 0 bridgehead atoms. The average molecular weight is 253 g/mol. The number of nitrogens with zero attached hydrogens (tertiary/aromatic N) is 1. The highest BCUT2D eigenvalue weighted by molar-refractivity contribution is 5.89. The Morgan fingerprint density at radius 3 is 2.47 bits per heavy atom. The molecule has 6 nitrogen and oxygen atoms in total. The van der Waals surface area contributed by atoms with E-state index in [2.05, 4.69) is 14.5 Å². The summed E-state index contributed by atoms with van der Waals surface area (Å²) in [5.41, 5.74) is -0.801. The van der Waals surface area contributed by atoms with Gasteiger partial charge in [-0.3, -0.25) is 0 Å². The summed E-state index contributed by atoms with van der Waals surface area (Å²) >= 11 is 0. The van der Waals surface area contributed by atoms with Crippen molar-refractivity contribution in [2.45, 2.75) is 6.36 Å². The van der Waals surface area contributed by atoms with Gasteiger partial charge in [0.15, 0.2) is 17.2 Å². The van der Waals surface area contributed by atoms with Gasteiger partial charge in [-0.1, -0.05) is 0 Å². The highest BCUT2D eigenvalue weighted by Gasteiger charge is 2.34. The Labute approximate surface area is 92.2 Å². The van der Waals surface area contributed by atoms with E-state index in [9.17, 15) is 18.0 Å². The summed E-state index contributed by atoms with van der Waals surface area (Å²) < 4.78 is 43.5. The first kappa shape index (κ1) is 12.9. The number of carboxylic acid groups (broad SMARTS) is 1. The van der Waals surface area contributed by atoms with Gasteiger partial charge in [0.1, 0.15) is 0 Å². The van der Waals surface area contributed by atoms with Crippen molar-refractivity contribution < 1.29 is 37.7 Å². The van der Waals surface area contributed by atoms with E-state index >= 15 is 0 Å². The summed E-state index contributed by atoms with van der Waals surface area (Å²) in [7, 11) is 1.08. The number of ether oxygens (including phenoxy) is 2. The zero-order valence-electron chi connectivity index (χ0n) is 8.28. The van der Waals surface area contributed by atoms with Gasteiger partial charge in [0.05, 0.1) is 7.11 Å². The summed E-state index contributed by atoms with van der Waals surface area (Å²) in [5.74, 6) is -4.24. The Morgan fingerprint density at radius 2 is 2.06 bits per heavy atom. The van der Waals surface area contributed by atoms with E-state index in [0.717, 1.165) is 7.11 Å².